The average molecular weight is 469 g/mol. The SMILES string of the molecule is Cc1ccnc(Nc2cc(Nc3ccc(NC(=O)CC45CC6CC(CC(C6)C4)C5)cc3)ncn2)c1. The predicted molar refractivity (Wildman–Crippen MR) is 138 cm³/mol. The van der Waals surface area contributed by atoms with Crippen LogP contribution in [0.1, 0.15) is 50.5 Å². The lowest BCUT2D eigenvalue weighted by atomic mass is 9.49. The van der Waals surface area contributed by atoms with Crippen LogP contribution >= 0.6 is 0 Å². The number of carbonyl (C=O) groups excluding carboxylic acids is 1. The summed E-state index contributed by atoms with van der Waals surface area (Å²) in [5.74, 6) is 4.83. The van der Waals surface area contributed by atoms with Crippen LogP contribution in [0.3, 0.4) is 0 Å². The zero-order chi connectivity index (χ0) is 23.8. The van der Waals surface area contributed by atoms with E-state index in [1.54, 1.807) is 6.20 Å². The number of aromatic nitrogens is 3. The van der Waals surface area contributed by atoms with Crippen molar-refractivity contribution in [3.63, 3.8) is 0 Å². The largest absolute Gasteiger partial charge is 0.340 e. The highest BCUT2D eigenvalue weighted by Gasteiger charge is 2.51. The normalized spacial score (nSPS) is 26.4. The smallest absolute Gasteiger partial charge is 0.224 e. The highest BCUT2D eigenvalue weighted by molar-refractivity contribution is 5.91. The molecule has 4 bridgehead atoms. The number of rotatable bonds is 7. The molecule has 4 fully saturated rings. The summed E-state index contributed by atoms with van der Waals surface area (Å²) < 4.78 is 0. The molecular weight excluding hydrogens is 436 g/mol. The van der Waals surface area contributed by atoms with Crippen molar-refractivity contribution in [3.8, 4) is 0 Å². The molecule has 0 spiro atoms. The number of benzene rings is 1. The highest BCUT2D eigenvalue weighted by Crippen LogP contribution is 2.61. The molecule has 0 aliphatic heterocycles. The van der Waals surface area contributed by atoms with E-state index in [1.165, 1.54) is 44.9 Å². The molecule has 4 aliphatic rings. The number of nitrogens with one attached hydrogen (secondary N) is 3. The Labute approximate surface area is 206 Å². The van der Waals surface area contributed by atoms with Crippen LogP contribution in [0.15, 0.2) is 55.0 Å². The second kappa shape index (κ2) is 8.95. The molecule has 0 saturated heterocycles. The van der Waals surface area contributed by atoms with Gasteiger partial charge in [0.2, 0.25) is 5.91 Å². The van der Waals surface area contributed by atoms with E-state index < -0.39 is 0 Å². The summed E-state index contributed by atoms with van der Waals surface area (Å²) in [6.07, 6.45) is 11.9. The minimum absolute atomic E-state index is 0.156. The van der Waals surface area contributed by atoms with Crippen molar-refractivity contribution in [2.24, 2.45) is 23.2 Å². The number of amides is 1. The fourth-order valence-electron chi connectivity index (χ4n) is 7.07. The summed E-state index contributed by atoms with van der Waals surface area (Å²) in [6.45, 7) is 2.02. The summed E-state index contributed by atoms with van der Waals surface area (Å²) in [6, 6.07) is 13.5. The van der Waals surface area contributed by atoms with Crippen molar-refractivity contribution >= 4 is 34.7 Å². The van der Waals surface area contributed by atoms with Gasteiger partial charge in [0.05, 0.1) is 0 Å². The molecule has 1 amide bonds. The molecule has 2 aromatic heterocycles. The molecule has 2 heterocycles. The quantitative estimate of drug-likeness (QED) is 0.382. The maximum absolute atomic E-state index is 12.9. The first-order chi connectivity index (χ1) is 17.0. The highest BCUT2D eigenvalue weighted by atomic mass is 16.1. The van der Waals surface area contributed by atoms with Crippen LogP contribution in [0.2, 0.25) is 0 Å². The number of hydrogen-bond acceptors (Lipinski definition) is 6. The van der Waals surface area contributed by atoms with Crippen LogP contribution in [-0.4, -0.2) is 20.9 Å². The Balaban J connectivity index is 1.06. The van der Waals surface area contributed by atoms with Gasteiger partial charge in [0, 0.05) is 30.1 Å². The Hall–Kier alpha value is -3.48. The fourth-order valence-corrected chi connectivity index (χ4v) is 7.07. The minimum atomic E-state index is 0.156. The van der Waals surface area contributed by atoms with Crippen LogP contribution in [-0.2, 0) is 4.79 Å². The maximum Gasteiger partial charge on any atom is 0.224 e. The molecule has 35 heavy (non-hydrogen) atoms. The molecule has 0 unspecified atom stereocenters. The van der Waals surface area contributed by atoms with Gasteiger partial charge in [-0.05, 0) is 111 Å². The summed E-state index contributed by atoms with van der Waals surface area (Å²) in [5, 5.41) is 9.65. The number of hydrogen-bond donors (Lipinski definition) is 3. The zero-order valence-corrected chi connectivity index (χ0v) is 20.1. The van der Waals surface area contributed by atoms with Gasteiger partial charge in [0.1, 0.15) is 23.8 Å². The van der Waals surface area contributed by atoms with E-state index in [-0.39, 0.29) is 11.3 Å². The molecule has 7 rings (SSSR count). The Morgan fingerprint density at radius 1 is 0.829 bits per heavy atom. The van der Waals surface area contributed by atoms with E-state index in [1.807, 2.05) is 49.4 Å². The lowest BCUT2D eigenvalue weighted by molar-refractivity contribution is -0.124. The predicted octanol–water partition coefficient (Wildman–Crippen LogP) is 6.21. The van der Waals surface area contributed by atoms with Gasteiger partial charge in [0.25, 0.3) is 0 Å². The number of pyridine rings is 1. The molecule has 7 heteroatoms. The van der Waals surface area contributed by atoms with Crippen LogP contribution < -0.4 is 16.0 Å². The van der Waals surface area contributed by atoms with Crippen LogP contribution in [0.25, 0.3) is 0 Å². The molecule has 4 saturated carbocycles. The summed E-state index contributed by atoms with van der Waals surface area (Å²) in [7, 11) is 0. The second-order valence-corrected chi connectivity index (χ2v) is 11.0. The number of carbonyl (C=O) groups is 1. The average Bonchev–Trinajstić information content (AvgIpc) is 2.79. The Kier molecular flexibility index (Phi) is 5.63. The van der Waals surface area contributed by atoms with Crippen LogP contribution in [0.5, 0.6) is 0 Å². The van der Waals surface area contributed by atoms with Gasteiger partial charge in [-0.25, -0.2) is 15.0 Å². The monoisotopic (exact) mass is 468 g/mol. The molecular formula is C28H32N6O. The van der Waals surface area contributed by atoms with Crippen molar-refractivity contribution in [3.05, 3.63) is 60.6 Å². The Bertz CT molecular complexity index is 1190. The van der Waals surface area contributed by atoms with Gasteiger partial charge >= 0.3 is 0 Å². The van der Waals surface area contributed by atoms with Gasteiger partial charge < -0.3 is 16.0 Å². The Morgan fingerprint density at radius 2 is 1.43 bits per heavy atom. The van der Waals surface area contributed by atoms with E-state index in [9.17, 15) is 4.79 Å². The molecule has 4 aliphatic carbocycles. The third kappa shape index (κ3) is 4.99. The summed E-state index contributed by atoms with van der Waals surface area (Å²) >= 11 is 0. The fraction of sp³-hybridized carbons (Fsp3) is 0.429. The molecule has 0 atom stereocenters. The maximum atomic E-state index is 12.9. The lowest BCUT2D eigenvalue weighted by Gasteiger charge is -2.56. The molecule has 3 aromatic rings. The van der Waals surface area contributed by atoms with E-state index in [2.05, 4.69) is 30.9 Å². The third-order valence-corrected chi connectivity index (χ3v) is 7.98. The van der Waals surface area contributed by atoms with Gasteiger partial charge in [-0.2, -0.15) is 0 Å². The van der Waals surface area contributed by atoms with E-state index >= 15 is 0 Å². The van der Waals surface area contributed by atoms with Crippen molar-refractivity contribution in [1.82, 2.24) is 15.0 Å². The van der Waals surface area contributed by atoms with Crippen LogP contribution in [0, 0.1) is 30.1 Å². The topological polar surface area (TPSA) is 91.8 Å². The van der Waals surface area contributed by atoms with E-state index in [0.29, 0.717) is 18.1 Å². The summed E-state index contributed by atoms with van der Waals surface area (Å²) in [4.78, 5) is 25.8. The molecule has 3 N–H and O–H groups in total. The van der Waals surface area contributed by atoms with Gasteiger partial charge in [-0.15, -0.1) is 0 Å². The van der Waals surface area contributed by atoms with Crippen molar-refractivity contribution in [2.75, 3.05) is 16.0 Å². The number of nitrogens with zero attached hydrogens (tertiary/aromatic N) is 3. The van der Waals surface area contributed by atoms with Crippen molar-refractivity contribution < 1.29 is 4.79 Å². The second-order valence-electron chi connectivity index (χ2n) is 11.0. The summed E-state index contributed by atoms with van der Waals surface area (Å²) in [5.41, 5.74) is 3.11. The first-order valence-corrected chi connectivity index (χ1v) is 12.7. The Morgan fingerprint density at radius 3 is 2.09 bits per heavy atom. The molecule has 0 radical (unpaired) electrons. The third-order valence-electron chi connectivity index (χ3n) is 7.98. The molecule has 1 aromatic carbocycles. The van der Waals surface area contributed by atoms with Crippen LogP contribution in [0.4, 0.5) is 28.8 Å². The zero-order valence-electron chi connectivity index (χ0n) is 20.1. The van der Waals surface area contributed by atoms with Crippen molar-refractivity contribution in [2.45, 2.75) is 51.9 Å². The van der Waals surface area contributed by atoms with Gasteiger partial charge in [-0.1, -0.05) is 0 Å². The minimum Gasteiger partial charge on any atom is -0.340 e. The molecule has 7 nitrogen and oxygen atoms in total. The first-order valence-electron chi connectivity index (χ1n) is 12.7. The van der Waals surface area contributed by atoms with E-state index in [0.717, 1.165) is 40.5 Å². The number of anilines is 5. The van der Waals surface area contributed by atoms with E-state index in [4.69, 9.17) is 0 Å². The number of aryl methyl sites for hydroxylation is 1. The lowest BCUT2D eigenvalue weighted by Crippen LogP contribution is -2.47. The van der Waals surface area contributed by atoms with Gasteiger partial charge in [0.15, 0.2) is 0 Å². The van der Waals surface area contributed by atoms with Gasteiger partial charge in [-0.3, -0.25) is 4.79 Å². The standard InChI is InChI=1S/C28H32N6O/c1-18-6-7-29-24(8-18)34-26-12-25(30-17-31-26)32-22-2-4-23(5-3-22)33-27(35)16-28-13-19-9-20(14-28)11-21(10-19)15-28/h2-8,12,17,19-21H,9-11,13-16H2,1H3,(H,33,35)(H2,29,30,31,32,34). The first kappa shape index (κ1) is 22.0. The molecule has 180 valence electrons. The van der Waals surface area contributed by atoms with Crippen molar-refractivity contribution in [1.29, 1.82) is 0 Å².